The number of aliphatic imine (C=N–C) groups is 1. The molecule has 2 fully saturated rings. The number of carbonyl (C=O) groups is 2. The summed E-state index contributed by atoms with van der Waals surface area (Å²) in [7, 11) is -4.29. The van der Waals surface area contributed by atoms with Crippen molar-refractivity contribution in [1.29, 1.82) is 0 Å². The van der Waals surface area contributed by atoms with Crippen molar-refractivity contribution in [3.05, 3.63) is 72.1 Å². The fourth-order valence-corrected chi connectivity index (χ4v) is 8.26. The van der Waals surface area contributed by atoms with Gasteiger partial charge in [0.1, 0.15) is 17.3 Å². The summed E-state index contributed by atoms with van der Waals surface area (Å²) in [5.74, 6) is 0.207. The van der Waals surface area contributed by atoms with Crippen LogP contribution in [0.5, 0.6) is 11.5 Å². The molecule has 1 N–H and O–H groups in total. The van der Waals surface area contributed by atoms with Crippen LogP contribution in [0, 0.1) is 11.8 Å². The Hall–Kier alpha value is -3.12. The number of aliphatic hydroxyl groups excluding tert-OH is 1. The average Bonchev–Trinajstić information content (AvgIpc) is 3.58. The molecule has 0 bridgehead atoms. The van der Waals surface area contributed by atoms with Crippen molar-refractivity contribution in [3.63, 3.8) is 0 Å². The monoisotopic (exact) mass is 675 g/mol. The van der Waals surface area contributed by atoms with Crippen molar-refractivity contribution in [2.45, 2.75) is 44.6 Å². The number of carbonyl (C=O) groups excluding carboxylic acids is 2. The number of β-lactam (4-membered cyclic amide) rings is 1. The smallest absolute Gasteiger partial charge is 0.465 e. The second kappa shape index (κ2) is 14.5. The maximum absolute atomic E-state index is 14.0. The molecule has 0 aromatic heterocycles. The Labute approximate surface area is 273 Å². The van der Waals surface area contributed by atoms with Gasteiger partial charge in [-0.3, -0.25) is 14.6 Å². The van der Waals surface area contributed by atoms with Crippen LogP contribution in [-0.4, -0.2) is 81.3 Å². The molecule has 0 radical (unpaired) electrons. The summed E-state index contributed by atoms with van der Waals surface area (Å²) in [5.41, 5.74) is 0.430. The van der Waals surface area contributed by atoms with E-state index < -0.39 is 31.7 Å². The number of amides is 1. The van der Waals surface area contributed by atoms with E-state index in [-0.39, 0.29) is 42.2 Å². The molecule has 0 aliphatic carbocycles. The Bertz CT molecular complexity index is 1420. The van der Waals surface area contributed by atoms with E-state index in [0.717, 1.165) is 19.6 Å². The van der Waals surface area contributed by atoms with Crippen molar-refractivity contribution in [2.75, 3.05) is 32.0 Å². The Morgan fingerprint density at radius 3 is 2.18 bits per heavy atom. The number of rotatable bonds is 10. The molecule has 4 aliphatic rings. The van der Waals surface area contributed by atoms with Crippen LogP contribution in [0.1, 0.15) is 27.2 Å². The third-order valence-corrected chi connectivity index (χ3v) is 10.3. The van der Waals surface area contributed by atoms with Crippen molar-refractivity contribution in [1.82, 2.24) is 9.80 Å². The summed E-state index contributed by atoms with van der Waals surface area (Å²) in [5, 5.41) is 12.0. The quantitative estimate of drug-likeness (QED) is 0.154. The van der Waals surface area contributed by atoms with Gasteiger partial charge in [0.15, 0.2) is 5.17 Å². The molecule has 0 spiro atoms. The average molecular weight is 676 g/mol. The molecule has 45 heavy (non-hydrogen) atoms. The minimum atomic E-state index is -4.29. The zero-order valence-electron chi connectivity index (χ0n) is 25.4. The third kappa shape index (κ3) is 7.82. The number of fused-ring (bicyclic) bond motifs is 1. The van der Waals surface area contributed by atoms with E-state index in [1.54, 1.807) is 67.6 Å². The van der Waals surface area contributed by atoms with E-state index in [4.69, 9.17) is 18.3 Å². The lowest BCUT2D eigenvalue weighted by Gasteiger charge is -2.46. The highest BCUT2D eigenvalue weighted by molar-refractivity contribution is 8.14. The van der Waals surface area contributed by atoms with Gasteiger partial charge in [0.05, 0.1) is 36.9 Å². The number of benzene rings is 2. The van der Waals surface area contributed by atoms with E-state index in [1.165, 1.54) is 22.7 Å². The number of amidine groups is 1. The number of ether oxygens (including phenoxy) is 1. The first kappa shape index (κ1) is 33.2. The van der Waals surface area contributed by atoms with Gasteiger partial charge in [-0.25, -0.2) is 0 Å². The fraction of sp³-hybridized carbons (Fsp3) is 0.452. The summed E-state index contributed by atoms with van der Waals surface area (Å²) in [6, 6.07) is 16.6. The number of aliphatic hydroxyl groups is 1. The van der Waals surface area contributed by atoms with Gasteiger partial charge in [0.2, 0.25) is 5.91 Å². The molecular formula is C31H38N3O8PS2. The van der Waals surface area contributed by atoms with Gasteiger partial charge < -0.3 is 33.2 Å². The first-order chi connectivity index (χ1) is 21.6. The van der Waals surface area contributed by atoms with Crippen molar-refractivity contribution in [3.8, 4) is 11.5 Å². The molecule has 6 rings (SSSR count). The molecule has 2 saturated heterocycles. The summed E-state index contributed by atoms with van der Waals surface area (Å²) < 4.78 is 36.5. The molecule has 4 atom stereocenters. The van der Waals surface area contributed by atoms with Crippen LogP contribution < -0.4 is 9.05 Å². The molecule has 1 amide bonds. The number of thiol groups is 1. The fourth-order valence-electron chi connectivity index (χ4n) is 5.60. The van der Waals surface area contributed by atoms with E-state index in [2.05, 4.69) is 22.5 Å². The lowest BCUT2D eigenvalue weighted by molar-refractivity contribution is -0.160. The normalized spacial score (nSPS) is 23.2. The van der Waals surface area contributed by atoms with Crippen molar-refractivity contribution >= 4 is 49.3 Å². The minimum Gasteiger partial charge on any atom is -0.465 e. The standard InChI is InChI=1S/C25H28NO8P.C6H10N2S2/c1-16-23-22(17(2)27)25(29)26(23)21(14-15-31-18(3)28)24(16)34-35(30,32-19-10-6-4-7-11-19)33-20-12-8-5-9-13-20;9-5-3-8(4-5)6-7-1-2-10-6/h4-13,16-17,22-23,27H,14-15H2,1-3H3;5,9H,1-4H2/t16-,17-,22-,23-;/m1./s1. The third-order valence-electron chi connectivity index (χ3n) is 7.69. The highest BCUT2D eigenvalue weighted by Gasteiger charge is 2.60. The van der Waals surface area contributed by atoms with Crippen molar-refractivity contribution < 1.29 is 37.6 Å². The molecular weight excluding hydrogens is 637 g/mol. The Kier molecular flexibility index (Phi) is 10.7. The number of phosphoric acid groups is 1. The predicted molar refractivity (Wildman–Crippen MR) is 175 cm³/mol. The molecule has 11 nitrogen and oxygen atoms in total. The van der Waals surface area contributed by atoms with Crippen LogP contribution >= 0.6 is 32.2 Å². The van der Waals surface area contributed by atoms with Gasteiger partial charge in [0, 0.05) is 43.4 Å². The van der Waals surface area contributed by atoms with Crippen LogP contribution in [0.4, 0.5) is 0 Å². The zero-order chi connectivity index (χ0) is 32.1. The molecule has 2 aromatic rings. The molecule has 0 saturated carbocycles. The second-order valence-corrected chi connectivity index (χ2v) is 14.3. The predicted octanol–water partition coefficient (Wildman–Crippen LogP) is 4.99. The van der Waals surface area contributed by atoms with Gasteiger partial charge >= 0.3 is 13.8 Å². The largest absolute Gasteiger partial charge is 0.646 e. The van der Waals surface area contributed by atoms with Gasteiger partial charge in [-0.2, -0.15) is 17.2 Å². The van der Waals surface area contributed by atoms with Crippen LogP contribution in [-0.2, 0) is 23.4 Å². The number of nitrogens with zero attached hydrogens (tertiary/aromatic N) is 3. The number of likely N-dealkylation sites (tertiary alicyclic amines) is 1. The lowest BCUT2D eigenvalue weighted by Crippen LogP contribution is -2.63. The van der Waals surface area contributed by atoms with Gasteiger partial charge in [0.25, 0.3) is 0 Å². The van der Waals surface area contributed by atoms with Crippen LogP contribution in [0.3, 0.4) is 0 Å². The molecule has 4 heterocycles. The summed E-state index contributed by atoms with van der Waals surface area (Å²) >= 11 is 6.20. The van der Waals surface area contributed by atoms with Crippen LogP contribution in [0.2, 0.25) is 0 Å². The number of para-hydroxylation sites is 2. The Morgan fingerprint density at radius 2 is 1.69 bits per heavy atom. The van der Waals surface area contributed by atoms with E-state index >= 15 is 0 Å². The minimum absolute atomic E-state index is 0.00345. The van der Waals surface area contributed by atoms with Crippen LogP contribution in [0.15, 0.2) is 77.1 Å². The zero-order valence-corrected chi connectivity index (χ0v) is 28.0. The Morgan fingerprint density at radius 1 is 1.09 bits per heavy atom. The van der Waals surface area contributed by atoms with Crippen molar-refractivity contribution in [2.24, 2.45) is 16.8 Å². The SMILES string of the molecule is CC(=O)OCCC1=C(OP(=O)(Oc2ccccc2)Oc2ccccc2)[C@H](C)[C@@H]2[C@@H]([C@@H](C)O)C(=O)N12.SC1CN(C2=NCCS2)C1. The number of hydrogen-bond acceptors (Lipinski definition) is 12. The molecule has 2 aromatic carbocycles. The summed E-state index contributed by atoms with van der Waals surface area (Å²) in [6.45, 7) is 7.87. The van der Waals surface area contributed by atoms with E-state index in [1.807, 2.05) is 18.7 Å². The highest BCUT2D eigenvalue weighted by atomic mass is 32.2. The van der Waals surface area contributed by atoms with E-state index in [9.17, 15) is 19.3 Å². The second-order valence-electron chi connectivity index (χ2n) is 11.1. The topological polar surface area (TPSA) is 127 Å². The molecule has 4 aliphatic heterocycles. The number of thioether (sulfide) groups is 1. The maximum Gasteiger partial charge on any atom is 0.646 e. The highest BCUT2D eigenvalue weighted by Crippen LogP contribution is 2.57. The lowest BCUT2D eigenvalue weighted by atomic mass is 9.79. The number of esters is 1. The number of phosphoric ester groups is 1. The van der Waals surface area contributed by atoms with Gasteiger partial charge in [-0.1, -0.05) is 55.1 Å². The molecule has 14 heteroatoms. The van der Waals surface area contributed by atoms with Gasteiger partial charge in [-0.05, 0) is 31.2 Å². The first-order valence-corrected chi connectivity index (χ1v) is 17.8. The summed E-state index contributed by atoms with van der Waals surface area (Å²) in [4.78, 5) is 32.4. The molecule has 242 valence electrons. The Balaban J connectivity index is 0.000000336. The molecule has 0 unspecified atom stereocenters. The van der Waals surface area contributed by atoms with Crippen LogP contribution in [0.25, 0.3) is 0 Å². The summed E-state index contributed by atoms with van der Waals surface area (Å²) in [6.07, 6.45) is -0.710. The first-order valence-electron chi connectivity index (χ1n) is 14.8. The number of hydrogen-bond donors (Lipinski definition) is 2. The maximum atomic E-state index is 14.0. The van der Waals surface area contributed by atoms with Gasteiger partial charge in [-0.15, -0.1) is 0 Å². The van der Waals surface area contributed by atoms with E-state index in [0.29, 0.717) is 10.9 Å².